The van der Waals surface area contributed by atoms with Crippen molar-refractivity contribution in [2.24, 2.45) is 0 Å². The molecule has 1 heterocycles. The third-order valence-corrected chi connectivity index (χ3v) is 4.73. The van der Waals surface area contributed by atoms with Crippen LogP contribution in [0, 0.1) is 0 Å². The normalized spacial score (nSPS) is 17.2. The Balaban J connectivity index is 1.77. The molecule has 0 saturated carbocycles. The number of sulfonamides is 1. The van der Waals surface area contributed by atoms with Gasteiger partial charge in [-0.2, -0.15) is 0 Å². The van der Waals surface area contributed by atoms with Gasteiger partial charge in [0.15, 0.2) is 0 Å². The lowest BCUT2D eigenvalue weighted by Crippen LogP contribution is -2.22. The number of hydrogen-bond donors (Lipinski definition) is 3. The van der Waals surface area contributed by atoms with Gasteiger partial charge in [0.1, 0.15) is 6.04 Å². The standard InChI is InChI=1S/C16H15N3O4S/c20-15-14(17-16(21)18-15)12-7-4-8-13(9-12)19-24(22,23)10-11-5-2-1-3-6-11/h1-9,14,19H,10H2,(H2,17,18,20,21). The predicted molar refractivity (Wildman–Crippen MR) is 88.5 cm³/mol. The van der Waals surface area contributed by atoms with E-state index in [0.717, 1.165) is 0 Å². The maximum atomic E-state index is 12.3. The van der Waals surface area contributed by atoms with E-state index in [1.54, 1.807) is 42.5 Å². The highest BCUT2D eigenvalue weighted by Crippen LogP contribution is 2.21. The molecule has 124 valence electrons. The van der Waals surface area contributed by atoms with Gasteiger partial charge in [-0.1, -0.05) is 42.5 Å². The molecule has 7 nitrogen and oxygen atoms in total. The van der Waals surface area contributed by atoms with Crippen molar-refractivity contribution < 1.29 is 18.0 Å². The fourth-order valence-electron chi connectivity index (χ4n) is 2.44. The topological polar surface area (TPSA) is 104 Å². The van der Waals surface area contributed by atoms with Crippen LogP contribution in [0.5, 0.6) is 0 Å². The zero-order valence-electron chi connectivity index (χ0n) is 12.5. The predicted octanol–water partition coefficient (Wildman–Crippen LogP) is 1.51. The third-order valence-electron chi connectivity index (χ3n) is 3.47. The molecule has 1 aliphatic heterocycles. The minimum atomic E-state index is -3.59. The van der Waals surface area contributed by atoms with Crippen molar-refractivity contribution in [2.75, 3.05) is 4.72 Å². The zero-order chi connectivity index (χ0) is 17.2. The maximum Gasteiger partial charge on any atom is 0.322 e. The summed E-state index contributed by atoms with van der Waals surface area (Å²) in [4.78, 5) is 22.9. The lowest BCUT2D eigenvalue weighted by molar-refractivity contribution is -0.120. The first kappa shape index (κ1) is 16.0. The molecule has 3 rings (SSSR count). The molecule has 8 heteroatoms. The number of hydrogen-bond acceptors (Lipinski definition) is 4. The van der Waals surface area contributed by atoms with Crippen molar-refractivity contribution in [3.05, 3.63) is 65.7 Å². The molecule has 1 aliphatic rings. The van der Waals surface area contributed by atoms with Gasteiger partial charge in [0, 0.05) is 5.69 Å². The van der Waals surface area contributed by atoms with Gasteiger partial charge in [0.25, 0.3) is 5.91 Å². The summed E-state index contributed by atoms with van der Waals surface area (Å²) in [6.45, 7) is 0. The van der Waals surface area contributed by atoms with E-state index < -0.39 is 28.0 Å². The molecule has 24 heavy (non-hydrogen) atoms. The van der Waals surface area contributed by atoms with Gasteiger partial charge >= 0.3 is 6.03 Å². The maximum absolute atomic E-state index is 12.3. The Morgan fingerprint density at radius 2 is 1.75 bits per heavy atom. The Hall–Kier alpha value is -2.87. The molecule has 1 unspecified atom stereocenters. The number of anilines is 1. The van der Waals surface area contributed by atoms with E-state index in [-0.39, 0.29) is 5.75 Å². The summed E-state index contributed by atoms with van der Waals surface area (Å²) in [6.07, 6.45) is 0. The number of imide groups is 1. The monoisotopic (exact) mass is 345 g/mol. The number of rotatable bonds is 5. The summed E-state index contributed by atoms with van der Waals surface area (Å²) >= 11 is 0. The van der Waals surface area contributed by atoms with Gasteiger partial charge in [-0.25, -0.2) is 13.2 Å². The largest absolute Gasteiger partial charge is 0.322 e. The quantitative estimate of drug-likeness (QED) is 0.714. The highest BCUT2D eigenvalue weighted by Gasteiger charge is 2.30. The van der Waals surface area contributed by atoms with Crippen LogP contribution in [0.15, 0.2) is 54.6 Å². The van der Waals surface area contributed by atoms with Crippen molar-refractivity contribution in [3.8, 4) is 0 Å². The number of nitrogens with one attached hydrogen (secondary N) is 3. The first-order valence-corrected chi connectivity index (χ1v) is 8.84. The molecule has 2 aromatic carbocycles. The minimum Gasteiger partial charge on any atom is -0.322 e. The van der Waals surface area contributed by atoms with E-state index in [4.69, 9.17) is 0 Å². The van der Waals surface area contributed by atoms with Crippen molar-refractivity contribution in [2.45, 2.75) is 11.8 Å². The second-order valence-electron chi connectivity index (χ2n) is 5.37. The number of carbonyl (C=O) groups is 2. The van der Waals surface area contributed by atoms with Crippen LogP contribution in [0.2, 0.25) is 0 Å². The van der Waals surface area contributed by atoms with Crippen LogP contribution in [-0.2, 0) is 20.6 Å². The van der Waals surface area contributed by atoms with E-state index in [1.165, 1.54) is 6.07 Å². The minimum absolute atomic E-state index is 0.154. The molecule has 0 spiro atoms. The SMILES string of the molecule is O=C1NC(=O)C(c2cccc(NS(=O)(=O)Cc3ccccc3)c2)N1. The molecule has 0 aliphatic carbocycles. The van der Waals surface area contributed by atoms with Crippen molar-refractivity contribution in [3.63, 3.8) is 0 Å². The van der Waals surface area contributed by atoms with Gasteiger partial charge in [-0.3, -0.25) is 14.8 Å². The fourth-order valence-corrected chi connectivity index (χ4v) is 3.63. The van der Waals surface area contributed by atoms with Crippen LogP contribution in [-0.4, -0.2) is 20.4 Å². The molecule has 1 atom stereocenters. The first-order chi connectivity index (χ1) is 11.4. The summed E-state index contributed by atoms with van der Waals surface area (Å²) in [6, 6.07) is 13.8. The van der Waals surface area contributed by atoms with Crippen molar-refractivity contribution in [1.82, 2.24) is 10.6 Å². The number of amides is 3. The summed E-state index contributed by atoms with van der Waals surface area (Å²) in [5.74, 6) is -0.622. The third kappa shape index (κ3) is 3.72. The summed E-state index contributed by atoms with van der Waals surface area (Å²) < 4.78 is 27.0. The lowest BCUT2D eigenvalue weighted by atomic mass is 10.1. The first-order valence-electron chi connectivity index (χ1n) is 7.19. The van der Waals surface area contributed by atoms with E-state index >= 15 is 0 Å². The van der Waals surface area contributed by atoms with Crippen molar-refractivity contribution in [1.29, 1.82) is 0 Å². The zero-order valence-corrected chi connectivity index (χ0v) is 13.3. The van der Waals surface area contributed by atoms with Gasteiger partial charge in [-0.15, -0.1) is 0 Å². The Kier molecular flexibility index (Phi) is 4.22. The number of benzene rings is 2. The number of urea groups is 1. The molecule has 2 aromatic rings. The summed E-state index contributed by atoms with van der Waals surface area (Å²) in [5.41, 5.74) is 1.50. The Morgan fingerprint density at radius 3 is 2.42 bits per heavy atom. The van der Waals surface area contributed by atoms with Crippen LogP contribution < -0.4 is 15.4 Å². The van der Waals surface area contributed by atoms with Gasteiger partial charge < -0.3 is 5.32 Å². The summed E-state index contributed by atoms with van der Waals surface area (Å²) in [5, 5.41) is 4.61. The van der Waals surface area contributed by atoms with Gasteiger partial charge in [-0.05, 0) is 23.3 Å². The van der Waals surface area contributed by atoms with Crippen LogP contribution in [0.25, 0.3) is 0 Å². The van der Waals surface area contributed by atoms with Gasteiger partial charge in [0.2, 0.25) is 10.0 Å². The smallest absolute Gasteiger partial charge is 0.322 e. The average Bonchev–Trinajstić information content (AvgIpc) is 2.86. The Morgan fingerprint density at radius 1 is 1.00 bits per heavy atom. The molecule has 3 amide bonds. The van der Waals surface area contributed by atoms with Crippen LogP contribution in [0.4, 0.5) is 10.5 Å². The Labute approximate surface area is 139 Å². The van der Waals surface area contributed by atoms with Crippen LogP contribution in [0.1, 0.15) is 17.2 Å². The highest BCUT2D eigenvalue weighted by atomic mass is 32.2. The van der Waals surface area contributed by atoms with E-state index in [2.05, 4.69) is 15.4 Å². The lowest BCUT2D eigenvalue weighted by Gasteiger charge is -2.12. The van der Waals surface area contributed by atoms with E-state index in [9.17, 15) is 18.0 Å². The molecular weight excluding hydrogens is 330 g/mol. The van der Waals surface area contributed by atoms with Gasteiger partial charge in [0.05, 0.1) is 5.75 Å². The molecule has 3 N–H and O–H groups in total. The fraction of sp³-hybridized carbons (Fsp3) is 0.125. The molecule has 1 fully saturated rings. The Bertz CT molecular complexity index is 881. The average molecular weight is 345 g/mol. The second kappa shape index (κ2) is 6.32. The highest BCUT2D eigenvalue weighted by molar-refractivity contribution is 7.91. The van der Waals surface area contributed by atoms with E-state index in [0.29, 0.717) is 16.8 Å². The molecule has 0 aromatic heterocycles. The van der Waals surface area contributed by atoms with Crippen LogP contribution >= 0.6 is 0 Å². The van der Waals surface area contributed by atoms with Crippen LogP contribution in [0.3, 0.4) is 0 Å². The second-order valence-corrected chi connectivity index (χ2v) is 7.09. The molecule has 1 saturated heterocycles. The molecule has 0 bridgehead atoms. The molecular formula is C16H15N3O4S. The summed E-state index contributed by atoms with van der Waals surface area (Å²) in [7, 11) is -3.59. The molecule has 0 radical (unpaired) electrons. The number of carbonyl (C=O) groups excluding carboxylic acids is 2. The van der Waals surface area contributed by atoms with Crippen molar-refractivity contribution >= 4 is 27.6 Å². The van der Waals surface area contributed by atoms with E-state index in [1.807, 2.05) is 6.07 Å².